The first-order chi connectivity index (χ1) is 15.9. The molecule has 0 spiro atoms. The van der Waals surface area contributed by atoms with E-state index in [0.29, 0.717) is 27.9 Å². The Bertz CT molecular complexity index is 1150. The molecule has 2 aliphatic rings. The predicted octanol–water partition coefficient (Wildman–Crippen LogP) is 3.48. The summed E-state index contributed by atoms with van der Waals surface area (Å²) in [5.41, 5.74) is 1.07. The van der Waals surface area contributed by atoms with E-state index >= 15 is 0 Å². The number of anilines is 2. The Morgan fingerprint density at radius 2 is 2.18 bits per heavy atom. The maximum Gasteiger partial charge on any atom is 0.259 e. The van der Waals surface area contributed by atoms with E-state index in [9.17, 15) is 9.18 Å². The number of methoxy groups -OCH3 is 1. The molecule has 4 rings (SSSR count). The lowest BCUT2D eigenvalue weighted by atomic mass is 10.1. The van der Waals surface area contributed by atoms with Gasteiger partial charge in [-0.15, -0.1) is 0 Å². The third-order valence-corrected chi connectivity index (χ3v) is 5.36. The van der Waals surface area contributed by atoms with Gasteiger partial charge in [-0.05, 0) is 24.3 Å². The number of rotatable bonds is 7. The van der Waals surface area contributed by atoms with Crippen LogP contribution in [0.5, 0.6) is 11.5 Å². The van der Waals surface area contributed by atoms with E-state index in [4.69, 9.17) is 21.1 Å². The molecule has 172 valence electrons. The third kappa shape index (κ3) is 4.75. The highest BCUT2D eigenvalue weighted by molar-refractivity contribution is 6.31. The van der Waals surface area contributed by atoms with Gasteiger partial charge in [0.2, 0.25) is 5.95 Å². The van der Waals surface area contributed by atoms with Gasteiger partial charge in [0.1, 0.15) is 23.4 Å². The standard InChI is InChI=1S/C22H22ClFN6O3/c1-29(2)19(31)12-33-13-6-7-16(18(9-13)32-3)27-22-26-10-14(23)20(28-22)17-11-25-21-15(24)5-4-8-30(17)21/h4-11,17,21H,12H2,1-3H3,(H,26,27,28). The monoisotopic (exact) mass is 472 g/mol. The van der Waals surface area contributed by atoms with E-state index in [0.717, 1.165) is 0 Å². The van der Waals surface area contributed by atoms with Crippen molar-refractivity contribution in [2.45, 2.75) is 12.2 Å². The average Bonchev–Trinajstić information content (AvgIpc) is 3.24. The molecule has 1 aromatic carbocycles. The lowest BCUT2D eigenvalue weighted by molar-refractivity contribution is -0.130. The van der Waals surface area contributed by atoms with Crippen LogP contribution in [0.25, 0.3) is 0 Å². The van der Waals surface area contributed by atoms with Crippen LogP contribution < -0.4 is 14.8 Å². The molecule has 2 aliphatic heterocycles. The van der Waals surface area contributed by atoms with Crippen molar-refractivity contribution in [2.75, 3.05) is 33.1 Å². The van der Waals surface area contributed by atoms with Gasteiger partial charge < -0.3 is 24.6 Å². The molecule has 11 heteroatoms. The number of halogens is 2. The number of allylic oxidation sites excluding steroid dienone is 2. The lowest BCUT2D eigenvalue weighted by Gasteiger charge is -2.28. The molecule has 9 nitrogen and oxygen atoms in total. The fourth-order valence-electron chi connectivity index (χ4n) is 3.30. The van der Waals surface area contributed by atoms with E-state index in [1.54, 1.807) is 55.7 Å². The summed E-state index contributed by atoms with van der Waals surface area (Å²) in [6.45, 7) is -0.0861. The first-order valence-electron chi connectivity index (χ1n) is 10.0. The van der Waals surface area contributed by atoms with Gasteiger partial charge in [-0.1, -0.05) is 11.6 Å². The van der Waals surface area contributed by atoms with Gasteiger partial charge in [0.15, 0.2) is 12.8 Å². The highest BCUT2D eigenvalue weighted by Crippen LogP contribution is 2.36. The number of carbonyl (C=O) groups is 1. The zero-order chi connectivity index (χ0) is 23.5. The average molecular weight is 473 g/mol. The molecule has 2 aromatic rings. The van der Waals surface area contributed by atoms with Gasteiger partial charge in [-0.2, -0.15) is 0 Å². The molecule has 2 unspecified atom stereocenters. The van der Waals surface area contributed by atoms with Crippen molar-refractivity contribution in [3.63, 3.8) is 0 Å². The topological polar surface area (TPSA) is 92.2 Å². The highest BCUT2D eigenvalue weighted by Gasteiger charge is 2.35. The molecule has 1 N–H and O–H groups in total. The minimum atomic E-state index is -0.713. The van der Waals surface area contributed by atoms with Crippen molar-refractivity contribution < 1.29 is 18.7 Å². The minimum Gasteiger partial charge on any atom is -0.494 e. The maximum absolute atomic E-state index is 14.1. The van der Waals surface area contributed by atoms with E-state index < -0.39 is 12.2 Å². The number of likely N-dealkylation sites (N-methyl/N-ethyl adjacent to an activating group) is 1. The molecule has 0 bridgehead atoms. The Kier molecular flexibility index (Phi) is 6.45. The molecule has 0 fully saturated rings. The van der Waals surface area contributed by atoms with E-state index in [2.05, 4.69) is 20.3 Å². The fraction of sp³-hybridized carbons (Fsp3) is 0.273. The van der Waals surface area contributed by atoms with Crippen molar-refractivity contribution in [1.82, 2.24) is 19.8 Å². The summed E-state index contributed by atoms with van der Waals surface area (Å²) < 4.78 is 25.1. The van der Waals surface area contributed by atoms with Crippen LogP contribution in [0.1, 0.15) is 11.7 Å². The Morgan fingerprint density at radius 1 is 1.36 bits per heavy atom. The highest BCUT2D eigenvalue weighted by atomic mass is 35.5. The smallest absolute Gasteiger partial charge is 0.259 e. The Balaban J connectivity index is 1.53. The van der Waals surface area contributed by atoms with Gasteiger partial charge in [0.25, 0.3) is 5.91 Å². The zero-order valence-electron chi connectivity index (χ0n) is 18.2. The van der Waals surface area contributed by atoms with Crippen LogP contribution >= 0.6 is 11.6 Å². The zero-order valence-corrected chi connectivity index (χ0v) is 19.0. The van der Waals surface area contributed by atoms with Crippen molar-refractivity contribution in [3.8, 4) is 11.5 Å². The van der Waals surface area contributed by atoms with Crippen LogP contribution in [0.15, 0.2) is 53.6 Å². The molecule has 1 amide bonds. The summed E-state index contributed by atoms with van der Waals surface area (Å²) in [5, 5.41) is 3.44. The quantitative estimate of drug-likeness (QED) is 0.659. The van der Waals surface area contributed by atoms with Crippen LogP contribution in [0.2, 0.25) is 5.02 Å². The maximum atomic E-state index is 14.1. The second-order valence-electron chi connectivity index (χ2n) is 7.45. The van der Waals surface area contributed by atoms with Crippen LogP contribution in [0.3, 0.4) is 0 Å². The van der Waals surface area contributed by atoms with Gasteiger partial charge in [-0.25, -0.2) is 14.4 Å². The molecule has 0 saturated heterocycles. The van der Waals surface area contributed by atoms with Crippen LogP contribution in [-0.2, 0) is 4.79 Å². The summed E-state index contributed by atoms with van der Waals surface area (Å²) in [4.78, 5) is 27.9. The molecule has 0 radical (unpaired) electrons. The van der Waals surface area contributed by atoms with Gasteiger partial charge in [-0.3, -0.25) is 9.79 Å². The number of fused-ring (bicyclic) bond motifs is 1. The molecule has 33 heavy (non-hydrogen) atoms. The number of hydrogen-bond acceptors (Lipinski definition) is 8. The number of carbonyl (C=O) groups excluding carboxylic acids is 1. The van der Waals surface area contributed by atoms with Crippen molar-refractivity contribution in [2.24, 2.45) is 4.99 Å². The Morgan fingerprint density at radius 3 is 2.94 bits per heavy atom. The summed E-state index contributed by atoms with van der Waals surface area (Å²) >= 11 is 6.36. The first-order valence-corrected chi connectivity index (χ1v) is 10.4. The first kappa shape index (κ1) is 22.5. The van der Waals surface area contributed by atoms with Crippen LogP contribution in [0.4, 0.5) is 16.0 Å². The van der Waals surface area contributed by atoms with E-state index in [1.165, 1.54) is 24.3 Å². The number of nitrogens with one attached hydrogen (secondary N) is 1. The Hall–Kier alpha value is -3.66. The molecular formula is C22H22ClFN6O3. The molecule has 2 atom stereocenters. The number of nitrogens with zero attached hydrogens (tertiary/aromatic N) is 5. The molecule has 0 saturated carbocycles. The van der Waals surface area contributed by atoms with Gasteiger partial charge >= 0.3 is 0 Å². The van der Waals surface area contributed by atoms with Crippen LogP contribution in [0, 0.1) is 0 Å². The number of benzene rings is 1. The van der Waals surface area contributed by atoms with Crippen molar-refractivity contribution in [3.05, 3.63) is 59.3 Å². The van der Waals surface area contributed by atoms with Gasteiger partial charge in [0.05, 0.1) is 29.7 Å². The van der Waals surface area contributed by atoms with Gasteiger partial charge in [0, 0.05) is 32.6 Å². The Labute approximate surface area is 195 Å². The largest absolute Gasteiger partial charge is 0.494 e. The van der Waals surface area contributed by atoms with Crippen molar-refractivity contribution >= 4 is 35.4 Å². The summed E-state index contributed by atoms with van der Waals surface area (Å²) in [6, 6.07) is 4.65. The fourth-order valence-corrected chi connectivity index (χ4v) is 3.50. The van der Waals surface area contributed by atoms with E-state index in [1.807, 2.05) is 0 Å². The normalized spacial score (nSPS) is 18.6. The number of aromatic nitrogens is 2. The van der Waals surface area contributed by atoms with Crippen LogP contribution in [-0.4, -0.2) is 65.9 Å². The second kappa shape index (κ2) is 9.45. The molecule has 0 aliphatic carbocycles. The molecule has 3 heterocycles. The lowest BCUT2D eigenvalue weighted by Crippen LogP contribution is -2.30. The second-order valence-corrected chi connectivity index (χ2v) is 7.85. The van der Waals surface area contributed by atoms with E-state index in [-0.39, 0.29) is 24.3 Å². The predicted molar refractivity (Wildman–Crippen MR) is 123 cm³/mol. The molecular weight excluding hydrogens is 451 g/mol. The number of ether oxygens (including phenoxy) is 2. The summed E-state index contributed by atoms with van der Waals surface area (Å²) in [7, 11) is 4.83. The number of hydrogen-bond donors (Lipinski definition) is 1. The molecule has 1 aromatic heterocycles. The SMILES string of the molecule is COc1cc(OCC(=O)N(C)C)ccc1Nc1ncc(Cl)c(C2C=NC3C(F)=CC=CN32)n1. The van der Waals surface area contributed by atoms with Crippen molar-refractivity contribution in [1.29, 1.82) is 0 Å². The number of aliphatic imine (C=N–C) groups is 1. The summed E-state index contributed by atoms with van der Waals surface area (Å²) in [5.74, 6) is 0.719. The number of amides is 1. The minimum absolute atomic E-state index is 0.0861. The third-order valence-electron chi connectivity index (χ3n) is 5.06. The summed E-state index contributed by atoms with van der Waals surface area (Å²) in [6.07, 6.45) is 7.13.